The number of hydrogen-bond acceptors (Lipinski definition) is 8. The number of aliphatic hydroxyl groups excluding tert-OH is 1. The number of ketones is 1. The number of nitrogens with zero attached hydrogens (tertiary/aromatic N) is 3. The third kappa shape index (κ3) is 2.82. The van der Waals surface area contributed by atoms with Crippen molar-refractivity contribution in [3.8, 4) is 5.75 Å². The summed E-state index contributed by atoms with van der Waals surface area (Å²) >= 11 is 4.38. The van der Waals surface area contributed by atoms with Crippen LogP contribution in [0.2, 0.25) is 0 Å². The second-order valence-electron chi connectivity index (χ2n) is 5.57. The van der Waals surface area contributed by atoms with Crippen molar-refractivity contribution in [2.75, 3.05) is 4.90 Å². The van der Waals surface area contributed by atoms with Gasteiger partial charge in [0.2, 0.25) is 10.9 Å². The number of phenolic OH excluding ortho intramolecular Hbond substituents is 1. The Kier molecular flexibility index (Phi) is 4.28. The summed E-state index contributed by atoms with van der Waals surface area (Å²) in [6.07, 6.45) is 1.32. The summed E-state index contributed by atoms with van der Waals surface area (Å²) in [4.78, 5) is 26.8. The van der Waals surface area contributed by atoms with Crippen molar-refractivity contribution in [2.45, 2.75) is 6.04 Å². The van der Waals surface area contributed by atoms with E-state index in [1.165, 1.54) is 30.0 Å². The topological polar surface area (TPSA) is 117 Å². The number of Topliss-reactive ketones (excluding diaryl/α,β-unsaturated/α-hetero) is 1. The van der Waals surface area contributed by atoms with Crippen LogP contribution in [0.1, 0.15) is 22.2 Å². The predicted molar refractivity (Wildman–Crippen MR) is 98.6 cm³/mol. The average molecular weight is 448 g/mol. The molecule has 0 radical (unpaired) electrons. The Morgan fingerprint density at radius 1 is 1.30 bits per heavy atom. The lowest BCUT2D eigenvalue weighted by molar-refractivity contribution is -0.117. The zero-order valence-corrected chi connectivity index (χ0v) is 15.8. The summed E-state index contributed by atoms with van der Waals surface area (Å²) in [7, 11) is 0. The van der Waals surface area contributed by atoms with Gasteiger partial charge in [0.05, 0.1) is 11.8 Å². The number of anilines is 1. The van der Waals surface area contributed by atoms with Gasteiger partial charge >= 0.3 is 0 Å². The minimum atomic E-state index is -1.10. The maximum atomic E-state index is 12.9. The Morgan fingerprint density at radius 3 is 2.78 bits per heavy atom. The Hall–Kier alpha value is -2.98. The number of aliphatic hydroxyl groups is 1. The van der Waals surface area contributed by atoms with Crippen molar-refractivity contribution < 1.29 is 24.2 Å². The fraction of sp³-hybridized carbons (Fsp3) is 0.0588. The first kappa shape index (κ1) is 17.4. The number of rotatable bonds is 4. The number of carbonyl (C=O) groups is 2. The van der Waals surface area contributed by atoms with Crippen molar-refractivity contribution >= 4 is 44.1 Å². The van der Waals surface area contributed by atoms with E-state index in [4.69, 9.17) is 4.42 Å². The number of aromatic nitrogens is 2. The molecule has 1 amide bonds. The van der Waals surface area contributed by atoms with E-state index < -0.39 is 23.5 Å². The summed E-state index contributed by atoms with van der Waals surface area (Å²) < 4.78 is 5.76. The molecular formula is C17H10BrN3O5S. The van der Waals surface area contributed by atoms with Crippen LogP contribution in [-0.4, -0.2) is 32.1 Å². The molecule has 8 nitrogen and oxygen atoms in total. The molecule has 1 aromatic carbocycles. The summed E-state index contributed by atoms with van der Waals surface area (Å²) in [5.41, 5.74) is 1.45. The molecule has 0 aliphatic carbocycles. The summed E-state index contributed by atoms with van der Waals surface area (Å²) in [5, 5.41) is 28.6. The highest BCUT2D eigenvalue weighted by Gasteiger charge is 2.47. The summed E-state index contributed by atoms with van der Waals surface area (Å²) in [6, 6.07) is 6.46. The van der Waals surface area contributed by atoms with Gasteiger partial charge in [0.15, 0.2) is 11.5 Å². The smallest absolute Gasteiger partial charge is 0.296 e. The molecule has 3 heterocycles. The van der Waals surface area contributed by atoms with Crippen molar-refractivity contribution in [1.29, 1.82) is 0 Å². The standard InChI is InChI=1S/C17H10BrN3O5S/c18-8-3-4-10(22)9(6-8)13-12(14(23)11-2-1-5-26-11)15(24)16(25)21(13)17-20-19-7-27-17/h1-7,13,22,24H. The second-order valence-corrected chi connectivity index (χ2v) is 7.30. The first-order chi connectivity index (χ1) is 13.0. The first-order valence-corrected chi connectivity index (χ1v) is 9.25. The van der Waals surface area contributed by atoms with Crippen LogP contribution in [0.25, 0.3) is 0 Å². The van der Waals surface area contributed by atoms with Crippen LogP contribution in [0.3, 0.4) is 0 Å². The van der Waals surface area contributed by atoms with E-state index in [1.807, 2.05) is 0 Å². The molecule has 0 saturated heterocycles. The SMILES string of the molecule is O=C(C1=C(O)C(=O)N(c2nncs2)C1c1cc(Br)ccc1O)c1ccco1. The molecule has 2 N–H and O–H groups in total. The lowest BCUT2D eigenvalue weighted by Gasteiger charge is -2.24. The third-order valence-corrected chi connectivity index (χ3v) is 5.22. The van der Waals surface area contributed by atoms with Crippen molar-refractivity contribution in [1.82, 2.24) is 10.2 Å². The molecule has 3 aromatic rings. The lowest BCUT2D eigenvalue weighted by Crippen LogP contribution is -2.31. The second kappa shape index (κ2) is 6.63. The molecule has 10 heteroatoms. The molecule has 0 spiro atoms. The van der Waals surface area contributed by atoms with Gasteiger partial charge in [-0.2, -0.15) is 0 Å². The van der Waals surface area contributed by atoms with E-state index in [2.05, 4.69) is 26.1 Å². The predicted octanol–water partition coefficient (Wildman–Crippen LogP) is 3.38. The quantitative estimate of drug-likeness (QED) is 0.588. The number of phenols is 1. The minimum Gasteiger partial charge on any atom is -0.508 e. The third-order valence-electron chi connectivity index (χ3n) is 4.04. The molecule has 1 unspecified atom stereocenters. The largest absolute Gasteiger partial charge is 0.508 e. The molecule has 1 atom stereocenters. The minimum absolute atomic E-state index is 0.0389. The van der Waals surface area contributed by atoms with E-state index in [1.54, 1.807) is 12.1 Å². The molecule has 1 aliphatic rings. The van der Waals surface area contributed by atoms with Crippen LogP contribution in [0.4, 0.5) is 5.13 Å². The van der Waals surface area contributed by atoms with Crippen LogP contribution in [0.15, 0.2) is 62.3 Å². The zero-order chi connectivity index (χ0) is 19.1. The number of aromatic hydroxyl groups is 1. The van der Waals surface area contributed by atoms with Crippen LogP contribution < -0.4 is 4.90 Å². The molecule has 0 fully saturated rings. The van der Waals surface area contributed by atoms with Gasteiger partial charge in [-0.05, 0) is 30.3 Å². The fourth-order valence-corrected chi connectivity index (χ4v) is 3.85. The van der Waals surface area contributed by atoms with Crippen LogP contribution in [0.5, 0.6) is 5.75 Å². The van der Waals surface area contributed by atoms with Crippen molar-refractivity contribution in [2.24, 2.45) is 0 Å². The van der Waals surface area contributed by atoms with Gasteiger partial charge in [-0.3, -0.25) is 14.5 Å². The van der Waals surface area contributed by atoms with Crippen LogP contribution in [-0.2, 0) is 4.79 Å². The number of benzene rings is 1. The number of amides is 1. The molecule has 27 heavy (non-hydrogen) atoms. The Bertz CT molecular complexity index is 1060. The maximum absolute atomic E-state index is 12.9. The number of carbonyl (C=O) groups excluding carboxylic acids is 2. The molecule has 1 aliphatic heterocycles. The van der Waals surface area contributed by atoms with Gasteiger partial charge in [-0.15, -0.1) is 10.2 Å². The summed E-state index contributed by atoms with van der Waals surface area (Å²) in [5.74, 6) is -2.39. The highest BCUT2D eigenvalue weighted by molar-refractivity contribution is 9.10. The molecule has 136 valence electrons. The monoisotopic (exact) mass is 447 g/mol. The number of halogens is 1. The van der Waals surface area contributed by atoms with Crippen LogP contribution >= 0.6 is 27.3 Å². The molecular weight excluding hydrogens is 438 g/mol. The highest BCUT2D eigenvalue weighted by atomic mass is 79.9. The van der Waals surface area contributed by atoms with Crippen molar-refractivity contribution in [3.63, 3.8) is 0 Å². The van der Waals surface area contributed by atoms with E-state index >= 15 is 0 Å². The van der Waals surface area contributed by atoms with E-state index in [-0.39, 0.29) is 27.8 Å². The van der Waals surface area contributed by atoms with E-state index in [0.29, 0.717) is 4.47 Å². The highest BCUT2D eigenvalue weighted by Crippen LogP contribution is 2.45. The van der Waals surface area contributed by atoms with Gasteiger partial charge in [-0.1, -0.05) is 27.3 Å². The Morgan fingerprint density at radius 2 is 2.11 bits per heavy atom. The normalized spacial score (nSPS) is 17.0. The molecule has 4 rings (SSSR count). The fourth-order valence-electron chi connectivity index (χ4n) is 2.89. The first-order valence-electron chi connectivity index (χ1n) is 7.58. The van der Waals surface area contributed by atoms with Crippen molar-refractivity contribution in [3.05, 3.63) is 69.2 Å². The molecule has 0 bridgehead atoms. The summed E-state index contributed by atoms with van der Waals surface area (Å²) in [6.45, 7) is 0. The van der Waals surface area contributed by atoms with Gasteiger partial charge < -0.3 is 14.6 Å². The zero-order valence-electron chi connectivity index (χ0n) is 13.4. The molecule has 2 aromatic heterocycles. The van der Waals surface area contributed by atoms with Crippen LogP contribution in [0, 0.1) is 0 Å². The molecule has 0 saturated carbocycles. The number of hydrogen-bond donors (Lipinski definition) is 2. The van der Waals surface area contributed by atoms with E-state index in [0.717, 1.165) is 16.2 Å². The van der Waals surface area contributed by atoms with Gasteiger partial charge in [-0.25, -0.2) is 0 Å². The Balaban J connectivity index is 1.93. The van der Waals surface area contributed by atoms with E-state index in [9.17, 15) is 19.8 Å². The van der Waals surface area contributed by atoms with Gasteiger partial charge in [0, 0.05) is 10.0 Å². The number of furan rings is 1. The lowest BCUT2D eigenvalue weighted by atomic mass is 9.94. The van der Waals surface area contributed by atoms with Gasteiger partial charge in [0.1, 0.15) is 17.3 Å². The average Bonchev–Trinajstić information content (AvgIpc) is 3.39. The maximum Gasteiger partial charge on any atom is 0.296 e. The Labute approximate surface area is 164 Å². The van der Waals surface area contributed by atoms with Gasteiger partial charge in [0.25, 0.3) is 5.91 Å².